The quantitative estimate of drug-likeness (QED) is 0.632. The summed E-state index contributed by atoms with van der Waals surface area (Å²) in [6, 6.07) is 10.6. The molecule has 0 bridgehead atoms. The Morgan fingerprint density at radius 1 is 1.18 bits per heavy atom. The number of hydrogen-bond donors (Lipinski definition) is 1. The molecule has 3 aromatic rings. The largest absolute Gasteiger partial charge is 0.496 e. The number of ether oxygens (including phenoxy) is 1. The fourth-order valence-corrected chi connectivity index (χ4v) is 3.33. The van der Waals surface area contributed by atoms with Crippen molar-refractivity contribution in [2.45, 2.75) is 17.3 Å². The number of nitrogens with zero attached hydrogens (tertiary/aromatic N) is 3. The van der Waals surface area contributed by atoms with Gasteiger partial charge in [-0.2, -0.15) is 0 Å². The number of nitrogens with one attached hydrogen (secondary N) is 1. The summed E-state index contributed by atoms with van der Waals surface area (Å²) in [5.41, 5.74) is 0.967. The lowest BCUT2D eigenvalue weighted by Crippen LogP contribution is -2.23. The molecule has 0 fully saturated rings. The number of hydrogen-bond acceptors (Lipinski definition) is 5. The van der Waals surface area contributed by atoms with E-state index in [1.54, 1.807) is 25.6 Å². The van der Waals surface area contributed by atoms with Crippen LogP contribution in [0.25, 0.3) is 11.4 Å². The van der Waals surface area contributed by atoms with Gasteiger partial charge in [0.1, 0.15) is 5.75 Å². The molecular weight excluding hydrogens is 386 g/mol. The molecule has 1 heterocycles. The van der Waals surface area contributed by atoms with E-state index in [0.717, 1.165) is 17.7 Å². The molecule has 0 radical (unpaired) electrons. The summed E-state index contributed by atoms with van der Waals surface area (Å²) < 4.78 is 33.4. The molecule has 0 aliphatic rings. The lowest BCUT2D eigenvalue weighted by Gasteiger charge is -2.12. The Kier molecular flexibility index (Phi) is 5.93. The van der Waals surface area contributed by atoms with Crippen molar-refractivity contribution in [1.82, 2.24) is 14.8 Å². The molecule has 1 atom stereocenters. The summed E-state index contributed by atoms with van der Waals surface area (Å²) in [4.78, 5) is 12.4. The molecule has 0 saturated carbocycles. The van der Waals surface area contributed by atoms with Crippen molar-refractivity contribution in [2.75, 3.05) is 12.4 Å². The maximum absolute atomic E-state index is 13.3. The highest BCUT2D eigenvalue weighted by atomic mass is 32.2. The van der Waals surface area contributed by atoms with Crippen molar-refractivity contribution >= 4 is 23.4 Å². The third-order valence-corrected chi connectivity index (χ3v) is 5.16. The normalized spacial score (nSPS) is 11.9. The van der Waals surface area contributed by atoms with Crippen LogP contribution in [0.2, 0.25) is 0 Å². The number of benzene rings is 2. The Balaban J connectivity index is 1.74. The van der Waals surface area contributed by atoms with E-state index in [1.807, 2.05) is 24.3 Å². The van der Waals surface area contributed by atoms with Crippen LogP contribution >= 0.6 is 11.8 Å². The molecule has 9 heteroatoms. The molecule has 0 spiro atoms. The minimum Gasteiger partial charge on any atom is -0.496 e. The monoisotopic (exact) mass is 404 g/mol. The highest BCUT2D eigenvalue weighted by Gasteiger charge is 2.21. The van der Waals surface area contributed by atoms with Crippen LogP contribution in [-0.2, 0) is 11.8 Å². The Morgan fingerprint density at radius 3 is 2.64 bits per heavy atom. The lowest BCUT2D eigenvalue weighted by atomic mass is 10.2. The first-order valence-corrected chi connectivity index (χ1v) is 9.24. The van der Waals surface area contributed by atoms with Gasteiger partial charge in [-0.05, 0) is 31.2 Å². The number of anilines is 1. The first-order valence-electron chi connectivity index (χ1n) is 8.36. The van der Waals surface area contributed by atoms with Crippen LogP contribution in [0.3, 0.4) is 0 Å². The molecule has 0 aliphatic heterocycles. The molecule has 28 heavy (non-hydrogen) atoms. The van der Waals surface area contributed by atoms with Crippen LogP contribution in [0.4, 0.5) is 14.5 Å². The first-order chi connectivity index (χ1) is 13.4. The Hall–Kier alpha value is -2.94. The number of methoxy groups -OCH3 is 1. The van der Waals surface area contributed by atoms with Crippen molar-refractivity contribution in [3.05, 3.63) is 54.1 Å². The average Bonchev–Trinajstić information content (AvgIpc) is 3.04. The zero-order valence-electron chi connectivity index (χ0n) is 15.4. The van der Waals surface area contributed by atoms with Gasteiger partial charge in [-0.15, -0.1) is 10.2 Å². The van der Waals surface area contributed by atoms with E-state index in [1.165, 1.54) is 17.8 Å². The van der Waals surface area contributed by atoms with Crippen molar-refractivity contribution in [3.8, 4) is 17.1 Å². The maximum Gasteiger partial charge on any atom is 0.237 e. The van der Waals surface area contributed by atoms with Crippen molar-refractivity contribution in [2.24, 2.45) is 7.05 Å². The lowest BCUT2D eigenvalue weighted by molar-refractivity contribution is -0.115. The van der Waals surface area contributed by atoms with Gasteiger partial charge >= 0.3 is 0 Å². The molecule has 6 nitrogen and oxygen atoms in total. The van der Waals surface area contributed by atoms with Crippen LogP contribution in [0, 0.1) is 11.6 Å². The van der Waals surface area contributed by atoms with Gasteiger partial charge < -0.3 is 14.6 Å². The smallest absolute Gasteiger partial charge is 0.237 e. The van der Waals surface area contributed by atoms with Crippen molar-refractivity contribution < 1.29 is 18.3 Å². The highest BCUT2D eigenvalue weighted by molar-refractivity contribution is 8.00. The van der Waals surface area contributed by atoms with Crippen LogP contribution in [0.15, 0.2) is 47.6 Å². The minimum atomic E-state index is -1.02. The van der Waals surface area contributed by atoms with Crippen LogP contribution in [-0.4, -0.2) is 33.0 Å². The number of carbonyl (C=O) groups is 1. The Bertz CT molecular complexity index is 1010. The van der Waals surface area contributed by atoms with E-state index < -0.39 is 16.9 Å². The van der Waals surface area contributed by atoms with Crippen LogP contribution in [0.1, 0.15) is 6.92 Å². The molecule has 1 amide bonds. The minimum absolute atomic E-state index is 0.184. The third kappa shape index (κ3) is 4.14. The van der Waals surface area contributed by atoms with Crippen LogP contribution < -0.4 is 10.1 Å². The number of aromatic nitrogens is 3. The average molecular weight is 404 g/mol. The predicted molar refractivity (Wildman–Crippen MR) is 103 cm³/mol. The zero-order chi connectivity index (χ0) is 20.3. The summed E-state index contributed by atoms with van der Waals surface area (Å²) in [6.07, 6.45) is 0. The molecule has 0 saturated heterocycles. The van der Waals surface area contributed by atoms with Crippen LogP contribution in [0.5, 0.6) is 5.75 Å². The van der Waals surface area contributed by atoms with E-state index in [2.05, 4.69) is 15.5 Å². The Morgan fingerprint density at radius 2 is 1.93 bits per heavy atom. The summed E-state index contributed by atoms with van der Waals surface area (Å²) in [5.74, 6) is -1.08. The van der Waals surface area contributed by atoms with E-state index >= 15 is 0 Å². The number of amides is 1. The summed E-state index contributed by atoms with van der Waals surface area (Å²) in [6.45, 7) is 1.69. The first kappa shape index (κ1) is 19.8. The van der Waals surface area contributed by atoms with E-state index in [9.17, 15) is 13.6 Å². The molecular formula is C19H18F2N4O2S. The third-order valence-electron chi connectivity index (χ3n) is 4.02. The van der Waals surface area contributed by atoms with Crippen molar-refractivity contribution in [3.63, 3.8) is 0 Å². The van der Waals surface area contributed by atoms with Gasteiger partial charge in [-0.25, -0.2) is 8.78 Å². The molecule has 0 unspecified atom stereocenters. The Labute approximate surface area is 164 Å². The second-order valence-electron chi connectivity index (χ2n) is 5.94. The SMILES string of the molecule is COc1ccccc1-c1nnc(S[C@H](C)C(=O)Nc2ccc(F)c(F)c2)n1C. The fraction of sp³-hybridized carbons (Fsp3) is 0.211. The van der Waals surface area contributed by atoms with Gasteiger partial charge in [-0.3, -0.25) is 4.79 Å². The second kappa shape index (κ2) is 8.39. The maximum atomic E-state index is 13.3. The van der Waals surface area contributed by atoms with E-state index in [4.69, 9.17) is 4.74 Å². The standard InChI is InChI=1S/C19H18F2N4O2S/c1-11(18(26)22-12-8-9-14(20)15(21)10-12)28-19-24-23-17(25(19)2)13-6-4-5-7-16(13)27-3/h4-11H,1-3H3,(H,22,26)/t11-/m1/s1. The summed E-state index contributed by atoms with van der Waals surface area (Å²) in [5, 5.41) is 10.9. The van der Waals surface area contributed by atoms with Crippen molar-refractivity contribution in [1.29, 1.82) is 0 Å². The van der Waals surface area contributed by atoms with Gasteiger partial charge in [0, 0.05) is 18.8 Å². The molecule has 3 rings (SSSR count). The molecule has 1 aromatic heterocycles. The number of rotatable bonds is 6. The molecule has 0 aliphatic carbocycles. The van der Waals surface area contributed by atoms with E-state index in [0.29, 0.717) is 16.7 Å². The topological polar surface area (TPSA) is 69.0 Å². The fourth-order valence-electron chi connectivity index (χ4n) is 2.51. The predicted octanol–water partition coefficient (Wildman–Crippen LogP) is 3.89. The van der Waals surface area contributed by atoms with Gasteiger partial charge in [0.15, 0.2) is 22.6 Å². The zero-order valence-corrected chi connectivity index (χ0v) is 16.3. The van der Waals surface area contributed by atoms with Gasteiger partial charge in [-0.1, -0.05) is 23.9 Å². The summed E-state index contributed by atoms with van der Waals surface area (Å²) >= 11 is 1.20. The van der Waals surface area contributed by atoms with Gasteiger partial charge in [0.05, 0.1) is 17.9 Å². The van der Waals surface area contributed by atoms with Gasteiger partial charge in [0.2, 0.25) is 5.91 Å². The molecule has 2 aromatic carbocycles. The summed E-state index contributed by atoms with van der Waals surface area (Å²) in [7, 11) is 3.37. The number of halogens is 2. The second-order valence-corrected chi connectivity index (χ2v) is 7.25. The highest BCUT2D eigenvalue weighted by Crippen LogP contribution is 2.31. The van der Waals surface area contributed by atoms with E-state index in [-0.39, 0.29) is 11.6 Å². The number of para-hydroxylation sites is 1. The van der Waals surface area contributed by atoms with Gasteiger partial charge in [0.25, 0.3) is 0 Å². The molecule has 1 N–H and O–H groups in total. The number of thioether (sulfide) groups is 1. The number of carbonyl (C=O) groups excluding carboxylic acids is 1. The molecule has 146 valence electrons.